The minimum Gasteiger partial charge on any atom is -0.455 e. The van der Waals surface area contributed by atoms with Crippen molar-refractivity contribution in [3.63, 3.8) is 0 Å². The summed E-state index contributed by atoms with van der Waals surface area (Å²) >= 11 is 6.18. The van der Waals surface area contributed by atoms with Gasteiger partial charge in [-0.15, -0.1) is 0 Å². The van der Waals surface area contributed by atoms with E-state index in [4.69, 9.17) is 16.0 Å². The highest BCUT2D eigenvalue weighted by Crippen LogP contribution is 2.28. The maximum absolute atomic E-state index is 12.1. The largest absolute Gasteiger partial charge is 0.455 e. The molecule has 144 valence electrons. The van der Waals surface area contributed by atoms with Crippen LogP contribution < -0.4 is 10.7 Å². The molecule has 1 heterocycles. The van der Waals surface area contributed by atoms with E-state index >= 15 is 0 Å². The molecule has 2 N–H and O–H groups in total. The number of rotatable bonds is 6. The molecule has 0 fully saturated rings. The lowest BCUT2D eigenvalue weighted by atomic mass is 10.1. The van der Waals surface area contributed by atoms with Crippen molar-refractivity contribution in [3.8, 4) is 11.3 Å². The van der Waals surface area contributed by atoms with Crippen molar-refractivity contribution in [2.24, 2.45) is 5.10 Å². The van der Waals surface area contributed by atoms with Crippen LogP contribution in [0.15, 0.2) is 88.4 Å². The lowest BCUT2D eigenvalue weighted by Crippen LogP contribution is -2.25. The van der Waals surface area contributed by atoms with Gasteiger partial charge in [0, 0.05) is 16.6 Å². The molecule has 0 spiro atoms. The van der Waals surface area contributed by atoms with Crippen molar-refractivity contribution in [3.05, 3.63) is 89.6 Å². The summed E-state index contributed by atoms with van der Waals surface area (Å²) in [6, 6.07) is 24.9. The minimum atomic E-state index is -0.257. The number of benzene rings is 3. The van der Waals surface area contributed by atoms with Gasteiger partial charge in [-0.05, 0) is 35.7 Å². The highest BCUT2D eigenvalue weighted by molar-refractivity contribution is 6.33. The van der Waals surface area contributed by atoms with Crippen molar-refractivity contribution in [2.75, 3.05) is 11.9 Å². The molecule has 4 aromatic rings. The van der Waals surface area contributed by atoms with Crippen LogP contribution in [0.4, 0.5) is 5.69 Å². The van der Waals surface area contributed by atoms with E-state index < -0.39 is 0 Å². The molecule has 0 saturated carbocycles. The number of carbonyl (C=O) groups excluding carboxylic acids is 1. The number of furan rings is 1. The maximum atomic E-state index is 12.1. The lowest BCUT2D eigenvalue weighted by molar-refractivity contribution is -0.119. The predicted molar refractivity (Wildman–Crippen MR) is 117 cm³/mol. The number of hydrogen-bond acceptors (Lipinski definition) is 4. The number of carbonyl (C=O) groups is 1. The number of anilines is 1. The second kappa shape index (κ2) is 8.63. The molecule has 5 nitrogen and oxygen atoms in total. The van der Waals surface area contributed by atoms with Crippen LogP contribution in [0.2, 0.25) is 5.02 Å². The van der Waals surface area contributed by atoms with Gasteiger partial charge in [0.1, 0.15) is 11.5 Å². The molecule has 0 radical (unpaired) electrons. The average Bonchev–Trinajstić information content (AvgIpc) is 3.21. The Balaban J connectivity index is 1.34. The summed E-state index contributed by atoms with van der Waals surface area (Å²) in [5, 5.41) is 9.89. The molecule has 1 aromatic heterocycles. The van der Waals surface area contributed by atoms with Gasteiger partial charge < -0.3 is 9.73 Å². The zero-order valence-electron chi connectivity index (χ0n) is 15.4. The second-order valence-electron chi connectivity index (χ2n) is 6.36. The van der Waals surface area contributed by atoms with Crippen LogP contribution in [0.25, 0.3) is 22.1 Å². The van der Waals surface area contributed by atoms with E-state index in [2.05, 4.69) is 15.8 Å². The topological polar surface area (TPSA) is 66.6 Å². The zero-order valence-corrected chi connectivity index (χ0v) is 16.2. The highest BCUT2D eigenvalue weighted by Gasteiger charge is 2.07. The Morgan fingerprint density at radius 2 is 1.76 bits per heavy atom. The summed E-state index contributed by atoms with van der Waals surface area (Å²) in [7, 11) is 0. The van der Waals surface area contributed by atoms with Gasteiger partial charge in [-0.2, -0.15) is 5.10 Å². The van der Waals surface area contributed by atoms with Crippen LogP contribution >= 0.6 is 11.6 Å². The first-order chi connectivity index (χ1) is 14.2. The van der Waals surface area contributed by atoms with Gasteiger partial charge in [-0.25, -0.2) is 5.43 Å². The SMILES string of the molecule is O=C(CNc1cccc2ccccc12)N/N=C\c1ccc(-c2ccccc2Cl)o1. The summed E-state index contributed by atoms with van der Waals surface area (Å²) in [5.74, 6) is 0.898. The van der Waals surface area contributed by atoms with Gasteiger partial charge in [0.05, 0.1) is 17.8 Å². The quantitative estimate of drug-likeness (QED) is 0.338. The molecule has 4 rings (SSSR count). The number of nitrogens with one attached hydrogen (secondary N) is 2. The fourth-order valence-corrected chi connectivity index (χ4v) is 3.22. The Morgan fingerprint density at radius 1 is 0.966 bits per heavy atom. The molecule has 0 unspecified atom stereocenters. The smallest absolute Gasteiger partial charge is 0.259 e. The van der Waals surface area contributed by atoms with E-state index in [9.17, 15) is 4.79 Å². The van der Waals surface area contributed by atoms with Crippen molar-refractivity contribution in [1.82, 2.24) is 5.43 Å². The summed E-state index contributed by atoms with van der Waals surface area (Å²) in [4.78, 5) is 12.1. The molecular formula is C23H18ClN3O2. The third-order valence-corrected chi connectivity index (χ3v) is 4.71. The number of fused-ring (bicyclic) bond motifs is 1. The van der Waals surface area contributed by atoms with E-state index in [1.165, 1.54) is 6.21 Å². The molecule has 3 aromatic carbocycles. The Hall–Kier alpha value is -3.57. The van der Waals surface area contributed by atoms with Crippen LogP contribution in [0.3, 0.4) is 0 Å². The summed E-state index contributed by atoms with van der Waals surface area (Å²) in [6.07, 6.45) is 1.45. The standard InChI is InChI=1S/C23H18ClN3O2/c24-20-10-4-3-9-19(20)22-13-12-17(29-22)14-26-27-23(28)15-25-21-11-5-7-16-6-1-2-8-18(16)21/h1-14,25H,15H2,(H,27,28)/b26-14-. The van der Waals surface area contributed by atoms with Gasteiger partial charge in [0.15, 0.2) is 0 Å². The third kappa shape index (κ3) is 4.47. The minimum absolute atomic E-state index is 0.106. The Kier molecular flexibility index (Phi) is 5.59. The van der Waals surface area contributed by atoms with E-state index in [1.54, 1.807) is 12.1 Å². The zero-order chi connectivity index (χ0) is 20.1. The van der Waals surface area contributed by atoms with E-state index in [0.717, 1.165) is 22.0 Å². The number of hydrogen-bond donors (Lipinski definition) is 2. The van der Waals surface area contributed by atoms with Gasteiger partial charge in [-0.3, -0.25) is 4.79 Å². The molecule has 0 atom stereocenters. The van der Waals surface area contributed by atoms with Crippen LogP contribution in [0.5, 0.6) is 0 Å². The van der Waals surface area contributed by atoms with Crippen LogP contribution in [0.1, 0.15) is 5.76 Å². The Labute approximate surface area is 173 Å². The summed E-state index contributed by atoms with van der Waals surface area (Å²) in [6.45, 7) is 0.106. The molecule has 0 aliphatic heterocycles. The van der Waals surface area contributed by atoms with E-state index in [0.29, 0.717) is 16.5 Å². The number of halogens is 1. The Morgan fingerprint density at radius 3 is 2.66 bits per heavy atom. The summed E-state index contributed by atoms with van der Waals surface area (Å²) in [5.41, 5.74) is 4.20. The molecule has 0 aliphatic carbocycles. The molecule has 29 heavy (non-hydrogen) atoms. The van der Waals surface area contributed by atoms with Crippen molar-refractivity contribution in [2.45, 2.75) is 0 Å². The maximum Gasteiger partial charge on any atom is 0.259 e. The van der Waals surface area contributed by atoms with Gasteiger partial charge >= 0.3 is 0 Å². The van der Waals surface area contributed by atoms with Crippen molar-refractivity contribution >= 4 is 40.2 Å². The van der Waals surface area contributed by atoms with Gasteiger partial charge in [0.2, 0.25) is 0 Å². The molecule has 0 saturated heterocycles. The van der Waals surface area contributed by atoms with Crippen LogP contribution in [-0.2, 0) is 4.79 Å². The normalized spacial score (nSPS) is 11.1. The number of hydrazone groups is 1. The molecule has 0 aliphatic rings. The molecule has 1 amide bonds. The summed E-state index contributed by atoms with van der Waals surface area (Å²) < 4.78 is 5.71. The first-order valence-corrected chi connectivity index (χ1v) is 9.47. The highest BCUT2D eigenvalue weighted by atomic mass is 35.5. The number of nitrogens with zero attached hydrogens (tertiary/aromatic N) is 1. The first kappa shape index (κ1) is 18.8. The van der Waals surface area contributed by atoms with Crippen LogP contribution in [-0.4, -0.2) is 18.7 Å². The fraction of sp³-hybridized carbons (Fsp3) is 0.0435. The monoisotopic (exact) mass is 403 g/mol. The first-order valence-electron chi connectivity index (χ1n) is 9.09. The van der Waals surface area contributed by atoms with Crippen molar-refractivity contribution < 1.29 is 9.21 Å². The average molecular weight is 404 g/mol. The Bertz CT molecular complexity index is 1180. The van der Waals surface area contributed by atoms with E-state index in [1.807, 2.05) is 66.7 Å². The second-order valence-corrected chi connectivity index (χ2v) is 6.76. The predicted octanol–water partition coefficient (Wildman–Crippen LogP) is 5.32. The lowest BCUT2D eigenvalue weighted by Gasteiger charge is -2.08. The molecule has 0 bridgehead atoms. The van der Waals surface area contributed by atoms with E-state index in [-0.39, 0.29) is 12.5 Å². The number of amides is 1. The van der Waals surface area contributed by atoms with Gasteiger partial charge in [0.25, 0.3) is 5.91 Å². The van der Waals surface area contributed by atoms with Crippen molar-refractivity contribution in [1.29, 1.82) is 0 Å². The fourth-order valence-electron chi connectivity index (χ4n) is 2.99. The van der Waals surface area contributed by atoms with Crippen LogP contribution in [0, 0.1) is 0 Å². The molecular weight excluding hydrogens is 386 g/mol. The molecule has 6 heteroatoms. The third-order valence-electron chi connectivity index (χ3n) is 4.38. The van der Waals surface area contributed by atoms with Gasteiger partial charge in [-0.1, -0.05) is 60.1 Å².